The number of hydrogen-bond acceptors (Lipinski definition) is 4. The number of para-hydroxylation sites is 2. The van der Waals surface area contributed by atoms with Crippen molar-refractivity contribution in [1.82, 2.24) is 5.32 Å². The number of nitrogens with zero attached hydrogens (tertiary/aromatic N) is 1. The minimum Gasteiger partial charge on any atom is -0.352 e. The molecule has 6 nitrogen and oxygen atoms in total. The van der Waals surface area contributed by atoms with Gasteiger partial charge in [-0.1, -0.05) is 42.5 Å². The van der Waals surface area contributed by atoms with E-state index < -0.39 is 10.0 Å². The molecule has 0 aromatic heterocycles. The average molecular weight is 410 g/mol. The zero-order chi connectivity index (χ0) is 20.9. The van der Waals surface area contributed by atoms with Crippen LogP contribution < -0.4 is 15.4 Å². The monoisotopic (exact) mass is 409 g/mol. The van der Waals surface area contributed by atoms with Crippen LogP contribution in [0.3, 0.4) is 0 Å². The Bertz CT molecular complexity index is 1080. The number of nitrogens with two attached hydrogens (primary N) is 1. The lowest BCUT2D eigenvalue weighted by Crippen LogP contribution is -2.27. The summed E-state index contributed by atoms with van der Waals surface area (Å²) in [6.07, 6.45) is 0.577. The third-order valence-electron chi connectivity index (χ3n) is 4.60. The predicted molar refractivity (Wildman–Crippen MR) is 115 cm³/mol. The summed E-state index contributed by atoms with van der Waals surface area (Å²) in [6, 6.07) is 23.6. The van der Waals surface area contributed by atoms with E-state index in [-0.39, 0.29) is 10.8 Å². The van der Waals surface area contributed by atoms with Crippen LogP contribution in [0.2, 0.25) is 0 Å². The van der Waals surface area contributed by atoms with E-state index in [2.05, 4.69) is 5.32 Å². The molecule has 0 aliphatic heterocycles. The van der Waals surface area contributed by atoms with E-state index in [1.807, 2.05) is 60.5 Å². The first kappa shape index (κ1) is 20.6. The minimum absolute atomic E-state index is 0.0724. The molecule has 0 fully saturated rings. The first-order chi connectivity index (χ1) is 13.9. The summed E-state index contributed by atoms with van der Waals surface area (Å²) in [7, 11) is -1.77. The second kappa shape index (κ2) is 8.89. The fraction of sp³-hybridized carbons (Fsp3) is 0.136. The molecule has 0 atom stereocenters. The second-order valence-corrected chi connectivity index (χ2v) is 8.17. The van der Waals surface area contributed by atoms with Gasteiger partial charge in [0.05, 0.1) is 16.1 Å². The molecule has 0 heterocycles. The average Bonchev–Trinajstić information content (AvgIpc) is 2.73. The van der Waals surface area contributed by atoms with Crippen molar-refractivity contribution >= 4 is 27.3 Å². The summed E-state index contributed by atoms with van der Waals surface area (Å²) in [4.78, 5) is 14.8. The number of sulfonamides is 1. The Morgan fingerprint density at radius 2 is 1.55 bits per heavy atom. The van der Waals surface area contributed by atoms with Crippen LogP contribution in [-0.4, -0.2) is 27.9 Å². The number of carbonyl (C=O) groups excluding carboxylic acids is 1. The molecule has 29 heavy (non-hydrogen) atoms. The molecule has 1 amide bonds. The summed E-state index contributed by atoms with van der Waals surface area (Å²) < 4.78 is 22.6. The highest BCUT2D eigenvalue weighted by atomic mass is 32.2. The van der Waals surface area contributed by atoms with Crippen LogP contribution in [0, 0.1) is 0 Å². The van der Waals surface area contributed by atoms with Crippen molar-refractivity contribution in [2.75, 3.05) is 18.5 Å². The van der Waals surface area contributed by atoms with Gasteiger partial charge in [-0.2, -0.15) is 0 Å². The maximum atomic E-state index is 12.7. The molecule has 150 valence electrons. The molecule has 0 saturated carbocycles. The van der Waals surface area contributed by atoms with E-state index in [0.717, 1.165) is 16.9 Å². The topological polar surface area (TPSA) is 92.5 Å². The normalized spacial score (nSPS) is 11.1. The summed E-state index contributed by atoms with van der Waals surface area (Å²) in [5.74, 6) is -0.162. The van der Waals surface area contributed by atoms with Crippen LogP contribution in [0.5, 0.6) is 0 Å². The van der Waals surface area contributed by atoms with Gasteiger partial charge in [0.15, 0.2) is 0 Å². The largest absolute Gasteiger partial charge is 0.352 e. The number of carbonyl (C=O) groups is 1. The number of nitrogens with one attached hydrogen (secondary N) is 1. The third-order valence-corrected chi connectivity index (χ3v) is 5.53. The molecule has 0 aliphatic rings. The van der Waals surface area contributed by atoms with Gasteiger partial charge in [-0.15, -0.1) is 0 Å². The minimum atomic E-state index is -3.70. The van der Waals surface area contributed by atoms with E-state index >= 15 is 0 Å². The maximum Gasteiger partial charge on any atom is 0.253 e. The molecule has 3 N–H and O–H groups in total. The van der Waals surface area contributed by atoms with E-state index in [0.29, 0.717) is 18.5 Å². The number of rotatable bonds is 7. The van der Waals surface area contributed by atoms with E-state index in [4.69, 9.17) is 5.14 Å². The van der Waals surface area contributed by atoms with Crippen LogP contribution in [0.1, 0.15) is 15.9 Å². The van der Waals surface area contributed by atoms with Gasteiger partial charge in [0.25, 0.3) is 5.91 Å². The van der Waals surface area contributed by atoms with E-state index in [1.54, 1.807) is 18.2 Å². The fourth-order valence-electron chi connectivity index (χ4n) is 3.01. The van der Waals surface area contributed by atoms with Crippen molar-refractivity contribution in [3.63, 3.8) is 0 Å². The van der Waals surface area contributed by atoms with Gasteiger partial charge in [-0.25, -0.2) is 13.6 Å². The first-order valence-corrected chi connectivity index (χ1v) is 10.7. The fourth-order valence-corrected chi connectivity index (χ4v) is 3.53. The lowest BCUT2D eigenvalue weighted by Gasteiger charge is -2.22. The Morgan fingerprint density at radius 3 is 2.21 bits per heavy atom. The Morgan fingerprint density at radius 1 is 0.931 bits per heavy atom. The van der Waals surface area contributed by atoms with Gasteiger partial charge in [0.2, 0.25) is 10.0 Å². The SMILES string of the molecule is CN(c1ccccc1)c1ccccc1C(=O)NCCc1ccc(S(N)(=O)=O)cc1. The molecule has 0 aliphatic carbocycles. The van der Waals surface area contributed by atoms with Crippen molar-refractivity contribution in [3.05, 3.63) is 90.0 Å². The number of primary sulfonamides is 1. The highest BCUT2D eigenvalue weighted by Gasteiger charge is 2.14. The van der Waals surface area contributed by atoms with Gasteiger partial charge in [-0.05, 0) is 48.4 Å². The van der Waals surface area contributed by atoms with E-state index in [9.17, 15) is 13.2 Å². The third kappa shape index (κ3) is 5.22. The molecule has 3 aromatic carbocycles. The van der Waals surface area contributed by atoms with Crippen molar-refractivity contribution in [2.24, 2.45) is 5.14 Å². The molecule has 0 spiro atoms. The smallest absolute Gasteiger partial charge is 0.253 e. The van der Waals surface area contributed by atoms with Gasteiger partial charge in [-0.3, -0.25) is 4.79 Å². The van der Waals surface area contributed by atoms with Gasteiger partial charge in [0, 0.05) is 19.3 Å². The molecule has 0 radical (unpaired) electrons. The molecule has 0 saturated heterocycles. The van der Waals surface area contributed by atoms with Crippen molar-refractivity contribution < 1.29 is 13.2 Å². The highest BCUT2D eigenvalue weighted by Crippen LogP contribution is 2.26. The van der Waals surface area contributed by atoms with Crippen LogP contribution in [-0.2, 0) is 16.4 Å². The van der Waals surface area contributed by atoms with Crippen molar-refractivity contribution in [1.29, 1.82) is 0 Å². The Hall–Kier alpha value is -3.16. The van der Waals surface area contributed by atoms with Crippen molar-refractivity contribution in [3.8, 4) is 0 Å². The number of benzene rings is 3. The standard InChI is InChI=1S/C22H23N3O3S/c1-25(18-7-3-2-4-8-18)21-10-6-5-9-20(21)22(26)24-16-15-17-11-13-19(14-12-17)29(23,27)28/h2-14H,15-16H2,1H3,(H,24,26)(H2,23,27,28). The summed E-state index contributed by atoms with van der Waals surface area (Å²) in [6.45, 7) is 0.428. The molecule has 7 heteroatoms. The Labute approximate surface area is 171 Å². The Balaban J connectivity index is 1.66. The molecular weight excluding hydrogens is 386 g/mol. The lowest BCUT2D eigenvalue weighted by molar-refractivity contribution is 0.0954. The number of amides is 1. The number of anilines is 2. The van der Waals surface area contributed by atoms with Crippen LogP contribution >= 0.6 is 0 Å². The molecule has 0 bridgehead atoms. The van der Waals surface area contributed by atoms with Crippen LogP contribution in [0.15, 0.2) is 83.8 Å². The summed E-state index contributed by atoms with van der Waals surface area (Å²) >= 11 is 0. The predicted octanol–water partition coefficient (Wildman–Crippen LogP) is 3.07. The van der Waals surface area contributed by atoms with Crippen LogP contribution in [0.25, 0.3) is 0 Å². The second-order valence-electron chi connectivity index (χ2n) is 6.61. The highest BCUT2D eigenvalue weighted by molar-refractivity contribution is 7.89. The molecule has 3 aromatic rings. The van der Waals surface area contributed by atoms with Crippen LogP contribution in [0.4, 0.5) is 11.4 Å². The van der Waals surface area contributed by atoms with Gasteiger partial charge >= 0.3 is 0 Å². The quantitative estimate of drug-likeness (QED) is 0.627. The van der Waals surface area contributed by atoms with Gasteiger partial charge < -0.3 is 10.2 Å². The molecule has 0 unspecified atom stereocenters. The number of hydrogen-bond donors (Lipinski definition) is 2. The first-order valence-electron chi connectivity index (χ1n) is 9.14. The van der Waals surface area contributed by atoms with E-state index in [1.165, 1.54) is 12.1 Å². The lowest BCUT2D eigenvalue weighted by atomic mass is 10.1. The summed E-state index contributed by atoms with van der Waals surface area (Å²) in [5.41, 5.74) is 3.30. The molecule has 3 rings (SSSR count). The van der Waals surface area contributed by atoms with Crippen molar-refractivity contribution in [2.45, 2.75) is 11.3 Å². The maximum absolute atomic E-state index is 12.7. The zero-order valence-electron chi connectivity index (χ0n) is 16.1. The van der Waals surface area contributed by atoms with Gasteiger partial charge in [0.1, 0.15) is 0 Å². The summed E-state index contributed by atoms with van der Waals surface area (Å²) in [5, 5.41) is 8.03. The Kier molecular flexibility index (Phi) is 6.31. The zero-order valence-corrected chi connectivity index (χ0v) is 16.9. The molecular formula is C22H23N3O3S.